The van der Waals surface area contributed by atoms with Gasteiger partial charge < -0.3 is 24.8 Å². The van der Waals surface area contributed by atoms with Crippen molar-refractivity contribution in [1.82, 2.24) is 0 Å². The molecular weight excluding hydrogens is 299 g/mol. The zero-order chi connectivity index (χ0) is 11.5. The van der Waals surface area contributed by atoms with Gasteiger partial charge in [-0.05, 0) is 0 Å². The molecule has 0 saturated carbocycles. The van der Waals surface area contributed by atoms with Gasteiger partial charge in [-0.2, -0.15) is 17.2 Å². The maximum atomic E-state index is 3.44. The Morgan fingerprint density at radius 1 is 1.11 bits per heavy atom. The van der Waals surface area contributed by atoms with Crippen LogP contribution in [0.1, 0.15) is 41.0 Å². The van der Waals surface area contributed by atoms with Crippen LogP contribution >= 0.6 is 0 Å². The van der Waals surface area contributed by atoms with Gasteiger partial charge in [0.25, 0.3) is 0 Å². The van der Waals surface area contributed by atoms with Crippen LogP contribution < -0.4 is 24.8 Å². The van der Waals surface area contributed by atoms with Crippen molar-refractivity contribution in [2.24, 2.45) is 5.41 Å². The average Bonchev–Trinajstić information content (AvgIpc) is 2.76. The molecule has 3 heteroatoms. The van der Waals surface area contributed by atoms with Crippen molar-refractivity contribution in [3.8, 4) is 0 Å². The number of allylic oxidation sites excluding steroid dienone is 8. The van der Waals surface area contributed by atoms with E-state index < -0.39 is 0 Å². The monoisotopic (exact) mass is 318 g/mol. The minimum Gasteiger partial charge on any atom is -1.00 e. The molecule has 0 saturated heterocycles. The first kappa shape index (κ1) is 23.4. The van der Waals surface area contributed by atoms with Crippen molar-refractivity contribution in [2.75, 3.05) is 0 Å². The summed E-state index contributed by atoms with van der Waals surface area (Å²) in [5, 5.41) is 0. The number of rotatable bonds is 0. The van der Waals surface area contributed by atoms with Gasteiger partial charge in [0.05, 0.1) is 0 Å². The van der Waals surface area contributed by atoms with Crippen molar-refractivity contribution in [3.63, 3.8) is 0 Å². The van der Waals surface area contributed by atoms with E-state index in [9.17, 15) is 0 Å². The normalized spacial score (nSPS) is 17.9. The number of halogens is 2. The number of hydrogen-bond donors (Lipinski definition) is 0. The Hall–Kier alpha value is 0.254. The maximum absolute atomic E-state index is 3.44. The van der Waals surface area contributed by atoms with Gasteiger partial charge in [-0.25, -0.2) is 17.7 Å². The van der Waals surface area contributed by atoms with E-state index in [4.69, 9.17) is 0 Å². The number of hydrogen-bond acceptors (Lipinski definition) is 0. The third-order valence-electron chi connectivity index (χ3n) is 3.15. The molecule has 98 valence electrons. The van der Waals surface area contributed by atoms with Crippen molar-refractivity contribution in [3.05, 3.63) is 47.1 Å². The fourth-order valence-electron chi connectivity index (χ4n) is 1.75. The molecule has 0 aromatic heterocycles. The Kier molecular flexibility index (Phi) is 13.1. The largest absolute Gasteiger partial charge is 4.00 e. The van der Waals surface area contributed by atoms with Gasteiger partial charge in [0.15, 0.2) is 0 Å². The van der Waals surface area contributed by atoms with E-state index >= 15 is 0 Å². The van der Waals surface area contributed by atoms with Crippen LogP contribution in [0.4, 0.5) is 0 Å². The van der Waals surface area contributed by atoms with E-state index in [0.717, 1.165) is 6.42 Å². The van der Waals surface area contributed by atoms with Gasteiger partial charge in [0, 0.05) is 0 Å². The van der Waals surface area contributed by atoms with Gasteiger partial charge in [0.1, 0.15) is 0 Å². The Morgan fingerprint density at radius 3 is 1.78 bits per heavy atom. The molecule has 0 aromatic rings. The zero-order valence-electron chi connectivity index (χ0n) is 11.7. The minimum absolute atomic E-state index is 0. The summed E-state index contributed by atoms with van der Waals surface area (Å²) in [5.74, 6) is 0. The molecule has 18 heavy (non-hydrogen) atoms. The molecule has 0 fully saturated rings. The maximum Gasteiger partial charge on any atom is 4.00 e. The molecule has 0 aromatic carbocycles. The van der Waals surface area contributed by atoms with Crippen molar-refractivity contribution >= 4 is 0 Å². The van der Waals surface area contributed by atoms with E-state index in [0.29, 0.717) is 0 Å². The quantitative estimate of drug-likeness (QED) is 0.374. The fourth-order valence-corrected chi connectivity index (χ4v) is 1.75. The van der Waals surface area contributed by atoms with Crippen LogP contribution in [0.2, 0.25) is 0 Å². The molecule has 0 N–H and O–H groups in total. The molecular formula is C15H20Cl2Ti. The summed E-state index contributed by atoms with van der Waals surface area (Å²) in [4.78, 5) is 0. The van der Waals surface area contributed by atoms with Crippen molar-refractivity contribution in [1.29, 1.82) is 0 Å². The standard InChI is InChI=1S/C10H15.C5H5.2ClH.Ti/c1-7-6-10(4,5)9(3)8(7)2;1-2-4-5-3-1;;;/h1-5H3;1-3H,4H2;2*1H;/q2*-1;;;+4/p-2. The molecule has 0 amide bonds. The van der Waals surface area contributed by atoms with E-state index in [1.54, 1.807) is 0 Å². The first-order valence-corrected chi connectivity index (χ1v) is 5.47. The molecule has 0 bridgehead atoms. The third kappa shape index (κ3) is 6.43. The Labute approximate surface area is 139 Å². The minimum atomic E-state index is 0. The van der Waals surface area contributed by atoms with Crippen LogP contribution in [0, 0.1) is 17.6 Å². The van der Waals surface area contributed by atoms with Gasteiger partial charge in [-0.1, -0.05) is 33.1 Å². The van der Waals surface area contributed by atoms with Crippen LogP contribution in [0.3, 0.4) is 0 Å². The molecule has 0 spiro atoms. The van der Waals surface area contributed by atoms with Crippen LogP contribution in [-0.2, 0) is 21.7 Å². The van der Waals surface area contributed by atoms with E-state index in [2.05, 4.69) is 52.8 Å². The smallest absolute Gasteiger partial charge is 1.00 e. The zero-order valence-corrected chi connectivity index (χ0v) is 14.8. The molecule has 0 radical (unpaired) electrons. The molecule has 2 rings (SSSR count). The van der Waals surface area contributed by atoms with E-state index in [1.165, 1.54) is 16.7 Å². The second-order valence-corrected chi connectivity index (χ2v) is 4.63. The predicted octanol–water partition coefficient (Wildman–Crippen LogP) is -1.58. The summed E-state index contributed by atoms with van der Waals surface area (Å²) in [6.07, 6.45) is 13.4. The molecule has 0 atom stereocenters. The predicted molar refractivity (Wildman–Crippen MR) is 66.2 cm³/mol. The van der Waals surface area contributed by atoms with Crippen LogP contribution in [0.15, 0.2) is 34.9 Å². The summed E-state index contributed by atoms with van der Waals surface area (Å²) >= 11 is 0. The van der Waals surface area contributed by atoms with Crippen LogP contribution in [0.5, 0.6) is 0 Å². The van der Waals surface area contributed by atoms with Gasteiger partial charge >= 0.3 is 21.7 Å². The molecule has 0 aliphatic heterocycles. The first-order valence-electron chi connectivity index (χ1n) is 5.47. The summed E-state index contributed by atoms with van der Waals surface area (Å²) in [6.45, 7) is 10.9. The Morgan fingerprint density at radius 2 is 1.67 bits per heavy atom. The third-order valence-corrected chi connectivity index (χ3v) is 3.15. The summed E-state index contributed by atoms with van der Waals surface area (Å²) < 4.78 is 0. The Bertz CT molecular complexity index is 351. The topological polar surface area (TPSA) is 0 Å². The summed E-state index contributed by atoms with van der Waals surface area (Å²) in [7, 11) is 0. The summed E-state index contributed by atoms with van der Waals surface area (Å²) in [5.41, 5.74) is 4.39. The average molecular weight is 319 g/mol. The van der Waals surface area contributed by atoms with Crippen LogP contribution in [0.25, 0.3) is 0 Å². The second-order valence-electron chi connectivity index (χ2n) is 4.63. The Balaban J connectivity index is -0.000000245. The van der Waals surface area contributed by atoms with Gasteiger partial charge in [-0.3, -0.25) is 12.2 Å². The molecule has 0 heterocycles. The SMILES string of the molecule is CC1=[C-]C(C)(C)C(C)=C1C.[C-]1=CC=CC1.[Cl-].[Cl-].[Ti+4]. The fraction of sp³-hybridized carbons (Fsp3) is 0.467. The van der Waals surface area contributed by atoms with E-state index in [-0.39, 0.29) is 51.9 Å². The molecule has 0 unspecified atom stereocenters. The second kappa shape index (κ2) is 10.1. The summed E-state index contributed by atoms with van der Waals surface area (Å²) in [6, 6.07) is 0. The van der Waals surface area contributed by atoms with Gasteiger partial charge in [-0.15, -0.1) is 13.3 Å². The first-order chi connectivity index (χ1) is 6.95. The van der Waals surface area contributed by atoms with Crippen molar-refractivity contribution in [2.45, 2.75) is 41.0 Å². The molecule has 2 aliphatic carbocycles. The van der Waals surface area contributed by atoms with E-state index in [1.807, 2.05) is 12.2 Å². The molecule has 0 nitrogen and oxygen atoms in total. The van der Waals surface area contributed by atoms with Crippen LogP contribution in [-0.4, -0.2) is 0 Å². The van der Waals surface area contributed by atoms with Gasteiger partial charge in [0.2, 0.25) is 0 Å². The van der Waals surface area contributed by atoms with Crippen molar-refractivity contribution < 1.29 is 46.5 Å². The molecule has 2 aliphatic rings.